The second-order valence-corrected chi connectivity index (χ2v) is 6.75. The van der Waals surface area contributed by atoms with Crippen molar-refractivity contribution in [2.24, 2.45) is 0 Å². The highest BCUT2D eigenvalue weighted by molar-refractivity contribution is 7.89. The lowest BCUT2D eigenvalue weighted by Crippen LogP contribution is -2.34. The summed E-state index contributed by atoms with van der Waals surface area (Å²) in [5.74, 6) is 0. The molecular weight excluding hydrogens is 262 g/mol. The Morgan fingerprint density at radius 1 is 1.26 bits per heavy atom. The number of aliphatic hydroxyl groups excluding tert-OH is 1. The van der Waals surface area contributed by atoms with Gasteiger partial charge >= 0.3 is 0 Å². The van der Waals surface area contributed by atoms with E-state index in [2.05, 4.69) is 0 Å². The molecule has 0 radical (unpaired) electrons. The van der Waals surface area contributed by atoms with Crippen molar-refractivity contribution in [1.82, 2.24) is 4.31 Å². The van der Waals surface area contributed by atoms with E-state index in [-0.39, 0.29) is 12.6 Å². The Balaban J connectivity index is 2.90. The molecule has 0 aliphatic carbocycles. The minimum absolute atomic E-state index is 0.0148. The number of hydrogen-bond donors (Lipinski definition) is 1. The van der Waals surface area contributed by atoms with Gasteiger partial charge in [-0.1, -0.05) is 19.1 Å². The van der Waals surface area contributed by atoms with Crippen LogP contribution in [0.25, 0.3) is 0 Å². The van der Waals surface area contributed by atoms with E-state index in [0.29, 0.717) is 11.3 Å². The van der Waals surface area contributed by atoms with Crippen LogP contribution in [-0.4, -0.2) is 37.5 Å². The molecule has 0 saturated heterocycles. The van der Waals surface area contributed by atoms with E-state index in [1.807, 2.05) is 26.0 Å². The van der Waals surface area contributed by atoms with E-state index in [9.17, 15) is 8.42 Å². The number of rotatable bonds is 7. The van der Waals surface area contributed by atoms with Crippen LogP contribution < -0.4 is 0 Å². The molecule has 0 aromatic heterocycles. The van der Waals surface area contributed by atoms with Gasteiger partial charge in [-0.3, -0.25) is 0 Å². The normalized spacial score (nSPS) is 13.7. The van der Waals surface area contributed by atoms with Gasteiger partial charge in [-0.05, 0) is 43.9 Å². The van der Waals surface area contributed by atoms with Gasteiger partial charge in [0, 0.05) is 19.7 Å². The molecule has 0 aliphatic rings. The fraction of sp³-hybridized carbons (Fsp3) is 0.571. The zero-order valence-corrected chi connectivity index (χ0v) is 12.7. The lowest BCUT2D eigenvalue weighted by atomic mass is 10.1. The van der Waals surface area contributed by atoms with Gasteiger partial charge < -0.3 is 5.11 Å². The van der Waals surface area contributed by atoms with Gasteiger partial charge in [-0.2, -0.15) is 4.31 Å². The topological polar surface area (TPSA) is 57.6 Å². The molecule has 0 aliphatic heterocycles. The van der Waals surface area contributed by atoms with Crippen molar-refractivity contribution in [3.63, 3.8) is 0 Å². The molecule has 108 valence electrons. The van der Waals surface area contributed by atoms with Gasteiger partial charge in [-0.25, -0.2) is 8.42 Å². The summed E-state index contributed by atoms with van der Waals surface area (Å²) < 4.78 is 26.1. The van der Waals surface area contributed by atoms with E-state index in [0.717, 1.165) is 18.4 Å². The summed E-state index contributed by atoms with van der Waals surface area (Å²) >= 11 is 0. The summed E-state index contributed by atoms with van der Waals surface area (Å²) in [5, 5.41) is 8.77. The molecule has 0 fully saturated rings. The Hall–Kier alpha value is -0.910. The number of aryl methyl sites for hydroxylation is 1. The van der Waals surface area contributed by atoms with Crippen molar-refractivity contribution in [1.29, 1.82) is 0 Å². The number of nitrogens with zero attached hydrogens (tertiary/aromatic N) is 1. The number of sulfonamides is 1. The van der Waals surface area contributed by atoms with Crippen LogP contribution in [-0.2, 0) is 16.4 Å². The molecule has 1 aromatic rings. The molecule has 4 nitrogen and oxygen atoms in total. The van der Waals surface area contributed by atoms with Crippen molar-refractivity contribution in [3.8, 4) is 0 Å². The van der Waals surface area contributed by atoms with Crippen LogP contribution in [0, 0.1) is 0 Å². The first-order valence-electron chi connectivity index (χ1n) is 6.61. The molecule has 0 heterocycles. The predicted molar refractivity (Wildman–Crippen MR) is 76.6 cm³/mol. The molecule has 0 spiro atoms. The second kappa shape index (κ2) is 7.03. The summed E-state index contributed by atoms with van der Waals surface area (Å²) in [4.78, 5) is 0.322. The number of benzene rings is 1. The van der Waals surface area contributed by atoms with Crippen molar-refractivity contribution < 1.29 is 13.5 Å². The van der Waals surface area contributed by atoms with E-state index in [4.69, 9.17) is 5.11 Å². The zero-order chi connectivity index (χ0) is 14.5. The first-order chi connectivity index (χ1) is 8.93. The van der Waals surface area contributed by atoms with E-state index in [1.54, 1.807) is 19.2 Å². The monoisotopic (exact) mass is 285 g/mol. The summed E-state index contributed by atoms with van der Waals surface area (Å²) in [5.41, 5.74) is 1.04. The molecule has 0 saturated carbocycles. The summed E-state index contributed by atoms with van der Waals surface area (Å²) in [6, 6.07) is 6.89. The third-order valence-electron chi connectivity index (χ3n) is 3.44. The fourth-order valence-corrected chi connectivity index (χ4v) is 3.21. The highest BCUT2D eigenvalue weighted by Gasteiger charge is 2.24. The standard InChI is InChI=1S/C14H23NO3S/c1-4-12(2)15(3)19(17,18)14-9-7-13(8-10-14)6-5-11-16/h7-10,12,16H,4-6,11H2,1-3H3. The van der Waals surface area contributed by atoms with Gasteiger partial charge in [0.05, 0.1) is 4.90 Å². The molecule has 1 rings (SSSR count). The van der Waals surface area contributed by atoms with Gasteiger partial charge in [-0.15, -0.1) is 0 Å². The maximum Gasteiger partial charge on any atom is 0.243 e. The largest absolute Gasteiger partial charge is 0.396 e. The average Bonchev–Trinajstić information content (AvgIpc) is 2.43. The van der Waals surface area contributed by atoms with Crippen molar-refractivity contribution in [2.75, 3.05) is 13.7 Å². The van der Waals surface area contributed by atoms with Crippen LogP contribution in [0.3, 0.4) is 0 Å². The molecule has 5 heteroatoms. The third kappa shape index (κ3) is 4.03. The van der Waals surface area contributed by atoms with E-state index in [1.165, 1.54) is 4.31 Å². The van der Waals surface area contributed by atoms with Gasteiger partial charge in [0.2, 0.25) is 10.0 Å². The Kier molecular flexibility index (Phi) is 5.97. The number of hydrogen-bond acceptors (Lipinski definition) is 3. The third-order valence-corrected chi connectivity index (χ3v) is 5.42. The van der Waals surface area contributed by atoms with Crippen molar-refractivity contribution in [2.45, 2.75) is 44.0 Å². The first-order valence-corrected chi connectivity index (χ1v) is 8.05. The van der Waals surface area contributed by atoms with Gasteiger partial charge in [0.1, 0.15) is 0 Å². The SMILES string of the molecule is CCC(C)N(C)S(=O)(=O)c1ccc(CCCO)cc1. The van der Waals surface area contributed by atoms with E-state index >= 15 is 0 Å². The van der Waals surface area contributed by atoms with E-state index < -0.39 is 10.0 Å². The highest BCUT2D eigenvalue weighted by Crippen LogP contribution is 2.18. The fourth-order valence-electron chi connectivity index (χ4n) is 1.77. The van der Waals surface area contributed by atoms with Crippen LogP contribution in [0.5, 0.6) is 0 Å². The number of aliphatic hydroxyl groups is 1. The highest BCUT2D eigenvalue weighted by atomic mass is 32.2. The van der Waals surface area contributed by atoms with Gasteiger partial charge in [0.15, 0.2) is 0 Å². The molecule has 19 heavy (non-hydrogen) atoms. The Labute approximate surface area is 116 Å². The maximum absolute atomic E-state index is 12.3. The molecule has 1 aromatic carbocycles. The van der Waals surface area contributed by atoms with Gasteiger partial charge in [0.25, 0.3) is 0 Å². The first kappa shape index (κ1) is 16.1. The average molecular weight is 285 g/mol. The zero-order valence-electron chi connectivity index (χ0n) is 11.8. The Morgan fingerprint density at radius 3 is 2.32 bits per heavy atom. The summed E-state index contributed by atoms with van der Waals surface area (Å²) in [6.45, 7) is 4.01. The smallest absolute Gasteiger partial charge is 0.243 e. The molecular formula is C14H23NO3S. The maximum atomic E-state index is 12.3. The minimum atomic E-state index is -3.40. The summed E-state index contributed by atoms with van der Waals surface area (Å²) in [6.07, 6.45) is 2.24. The van der Waals surface area contributed by atoms with Crippen LogP contribution in [0.2, 0.25) is 0 Å². The lowest BCUT2D eigenvalue weighted by molar-refractivity contribution is 0.288. The van der Waals surface area contributed by atoms with Crippen LogP contribution in [0.15, 0.2) is 29.2 Å². The minimum Gasteiger partial charge on any atom is -0.396 e. The van der Waals surface area contributed by atoms with Crippen molar-refractivity contribution >= 4 is 10.0 Å². The molecule has 0 amide bonds. The molecule has 0 bridgehead atoms. The quantitative estimate of drug-likeness (QED) is 0.834. The predicted octanol–water partition coefficient (Wildman–Crippen LogP) is 2.03. The second-order valence-electron chi connectivity index (χ2n) is 4.75. The van der Waals surface area contributed by atoms with Crippen LogP contribution in [0.4, 0.5) is 0 Å². The Bertz CT molecular complexity index is 482. The molecule has 1 atom stereocenters. The summed E-state index contributed by atoms with van der Waals surface area (Å²) in [7, 11) is -1.79. The Morgan fingerprint density at radius 2 is 1.84 bits per heavy atom. The van der Waals surface area contributed by atoms with Crippen LogP contribution >= 0.6 is 0 Å². The molecule has 1 N–H and O–H groups in total. The van der Waals surface area contributed by atoms with Crippen LogP contribution in [0.1, 0.15) is 32.3 Å². The lowest BCUT2D eigenvalue weighted by Gasteiger charge is -2.23. The molecule has 1 unspecified atom stereocenters. The van der Waals surface area contributed by atoms with Crippen molar-refractivity contribution in [3.05, 3.63) is 29.8 Å².